The highest BCUT2D eigenvalue weighted by atomic mass is 19.1. The van der Waals surface area contributed by atoms with Crippen molar-refractivity contribution >= 4 is 5.78 Å². The Morgan fingerprint density at radius 1 is 1.40 bits per heavy atom. The van der Waals surface area contributed by atoms with Crippen LogP contribution >= 0.6 is 0 Å². The summed E-state index contributed by atoms with van der Waals surface area (Å²) in [5.41, 5.74) is 0.593. The van der Waals surface area contributed by atoms with Gasteiger partial charge in [0.2, 0.25) is 0 Å². The maximum absolute atomic E-state index is 12.7. The van der Waals surface area contributed by atoms with Crippen LogP contribution in [0.25, 0.3) is 0 Å². The number of nitriles is 1. The van der Waals surface area contributed by atoms with Crippen LogP contribution in [0.3, 0.4) is 0 Å². The molecule has 2 rings (SSSR count). The van der Waals surface area contributed by atoms with Crippen LogP contribution in [-0.2, 0) is 4.79 Å². The third-order valence-corrected chi connectivity index (χ3v) is 2.60. The molecule has 0 bridgehead atoms. The molecule has 76 valence electrons. The Kier molecular flexibility index (Phi) is 2.51. The minimum atomic E-state index is -0.724. The summed E-state index contributed by atoms with van der Waals surface area (Å²) in [5.74, 6) is -1.05. The van der Waals surface area contributed by atoms with Gasteiger partial charge in [-0.1, -0.05) is 12.1 Å². The minimum absolute atomic E-state index is 0.0240. The molecule has 1 aromatic rings. The number of ketones is 1. The molecule has 0 aromatic heterocycles. The molecular formula is C12H10FNO. The van der Waals surface area contributed by atoms with E-state index in [1.54, 1.807) is 0 Å². The fourth-order valence-corrected chi connectivity index (χ4v) is 1.56. The van der Waals surface area contributed by atoms with Gasteiger partial charge in [0, 0.05) is 5.92 Å². The molecule has 1 atom stereocenters. The van der Waals surface area contributed by atoms with Gasteiger partial charge in [-0.3, -0.25) is 4.79 Å². The zero-order valence-corrected chi connectivity index (χ0v) is 8.11. The summed E-state index contributed by atoms with van der Waals surface area (Å²) >= 11 is 0. The minimum Gasteiger partial charge on any atom is -0.298 e. The van der Waals surface area contributed by atoms with Crippen LogP contribution in [0.2, 0.25) is 0 Å². The van der Waals surface area contributed by atoms with E-state index in [1.165, 1.54) is 24.3 Å². The molecule has 0 N–H and O–H groups in total. The Morgan fingerprint density at radius 2 is 2.00 bits per heavy atom. The quantitative estimate of drug-likeness (QED) is 0.756. The van der Waals surface area contributed by atoms with E-state index in [0.29, 0.717) is 5.56 Å². The van der Waals surface area contributed by atoms with E-state index in [9.17, 15) is 9.18 Å². The van der Waals surface area contributed by atoms with Gasteiger partial charge >= 0.3 is 0 Å². The van der Waals surface area contributed by atoms with E-state index >= 15 is 0 Å². The van der Waals surface area contributed by atoms with Gasteiger partial charge in [-0.15, -0.1) is 0 Å². The number of rotatable bonds is 3. The molecule has 3 heteroatoms. The zero-order chi connectivity index (χ0) is 10.8. The van der Waals surface area contributed by atoms with Gasteiger partial charge in [0.05, 0.1) is 6.07 Å². The average Bonchev–Trinajstić information content (AvgIpc) is 3.05. The molecule has 0 unspecified atom stereocenters. The molecule has 0 radical (unpaired) electrons. The van der Waals surface area contributed by atoms with E-state index in [1.807, 2.05) is 6.07 Å². The van der Waals surface area contributed by atoms with E-state index in [0.717, 1.165) is 12.8 Å². The van der Waals surface area contributed by atoms with Crippen molar-refractivity contribution < 1.29 is 9.18 Å². The van der Waals surface area contributed by atoms with Crippen LogP contribution in [0.15, 0.2) is 24.3 Å². The molecule has 0 amide bonds. The molecule has 1 aliphatic carbocycles. The van der Waals surface area contributed by atoms with Crippen molar-refractivity contribution in [3.05, 3.63) is 35.6 Å². The van der Waals surface area contributed by atoms with Crippen molar-refractivity contribution in [2.75, 3.05) is 0 Å². The highest BCUT2D eigenvalue weighted by molar-refractivity contribution is 5.91. The molecule has 1 saturated carbocycles. The van der Waals surface area contributed by atoms with Crippen LogP contribution in [0.1, 0.15) is 24.3 Å². The van der Waals surface area contributed by atoms with Crippen LogP contribution in [0.4, 0.5) is 4.39 Å². The highest BCUT2D eigenvalue weighted by Gasteiger charge is 2.35. The summed E-state index contributed by atoms with van der Waals surface area (Å²) in [6.45, 7) is 0. The Morgan fingerprint density at radius 3 is 2.47 bits per heavy atom. The molecule has 0 spiro atoms. The van der Waals surface area contributed by atoms with Crippen molar-refractivity contribution in [3.8, 4) is 6.07 Å². The fraction of sp³-hybridized carbons (Fsp3) is 0.333. The summed E-state index contributed by atoms with van der Waals surface area (Å²) < 4.78 is 12.7. The summed E-state index contributed by atoms with van der Waals surface area (Å²) in [4.78, 5) is 11.7. The summed E-state index contributed by atoms with van der Waals surface area (Å²) in [5, 5.41) is 8.93. The summed E-state index contributed by atoms with van der Waals surface area (Å²) in [6, 6.07) is 7.55. The van der Waals surface area contributed by atoms with E-state index < -0.39 is 5.92 Å². The lowest BCUT2D eigenvalue weighted by atomic mass is 9.93. The van der Waals surface area contributed by atoms with Crippen LogP contribution in [0, 0.1) is 23.1 Å². The van der Waals surface area contributed by atoms with E-state index in [-0.39, 0.29) is 17.5 Å². The number of carbonyl (C=O) groups is 1. The second kappa shape index (κ2) is 3.82. The third-order valence-electron chi connectivity index (χ3n) is 2.60. The number of halogens is 1. The van der Waals surface area contributed by atoms with Crippen molar-refractivity contribution in [2.45, 2.75) is 18.8 Å². The van der Waals surface area contributed by atoms with Crippen LogP contribution < -0.4 is 0 Å². The second-order valence-electron chi connectivity index (χ2n) is 3.79. The number of benzene rings is 1. The van der Waals surface area contributed by atoms with Crippen LogP contribution in [-0.4, -0.2) is 5.78 Å². The first-order chi connectivity index (χ1) is 7.22. The molecule has 15 heavy (non-hydrogen) atoms. The monoisotopic (exact) mass is 203 g/mol. The van der Waals surface area contributed by atoms with Crippen molar-refractivity contribution in [1.82, 2.24) is 0 Å². The molecule has 0 aliphatic heterocycles. The molecule has 0 saturated heterocycles. The predicted octanol–water partition coefficient (Wildman–Crippen LogP) is 2.41. The zero-order valence-electron chi connectivity index (χ0n) is 8.11. The van der Waals surface area contributed by atoms with Gasteiger partial charge in [-0.25, -0.2) is 4.39 Å². The molecule has 0 heterocycles. The number of nitrogens with zero attached hydrogens (tertiary/aromatic N) is 1. The second-order valence-corrected chi connectivity index (χ2v) is 3.79. The fourth-order valence-electron chi connectivity index (χ4n) is 1.56. The lowest BCUT2D eigenvalue weighted by Crippen LogP contribution is -2.12. The Labute approximate surface area is 87.3 Å². The molecule has 1 fully saturated rings. The normalized spacial score (nSPS) is 16.8. The van der Waals surface area contributed by atoms with Crippen molar-refractivity contribution in [3.63, 3.8) is 0 Å². The van der Waals surface area contributed by atoms with E-state index in [4.69, 9.17) is 5.26 Å². The lowest BCUT2D eigenvalue weighted by molar-refractivity contribution is -0.120. The predicted molar refractivity (Wildman–Crippen MR) is 52.5 cm³/mol. The Hall–Kier alpha value is -1.69. The molecular weight excluding hydrogens is 193 g/mol. The van der Waals surface area contributed by atoms with Gasteiger partial charge < -0.3 is 0 Å². The standard InChI is InChI=1S/C12H10FNO/c13-10-5-3-8(4-6-10)11(7-14)12(15)9-1-2-9/h3-6,9,11H,1-2H2/t11-/m0/s1. The average molecular weight is 203 g/mol. The summed E-state index contributed by atoms with van der Waals surface area (Å²) in [6.07, 6.45) is 1.77. The topological polar surface area (TPSA) is 40.9 Å². The first-order valence-corrected chi connectivity index (χ1v) is 4.91. The summed E-state index contributed by atoms with van der Waals surface area (Å²) in [7, 11) is 0. The van der Waals surface area contributed by atoms with E-state index in [2.05, 4.69) is 0 Å². The number of Topliss-reactive ketones (excluding diaryl/α,β-unsaturated/α-hetero) is 1. The van der Waals surface area contributed by atoms with Crippen molar-refractivity contribution in [2.24, 2.45) is 5.92 Å². The maximum Gasteiger partial charge on any atom is 0.157 e. The first kappa shape index (κ1) is 9.85. The van der Waals surface area contributed by atoms with Gasteiger partial charge in [-0.2, -0.15) is 5.26 Å². The molecule has 1 aliphatic rings. The van der Waals surface area contributed by atoms with Gasteiger partial charge in [0.1, 0.15) is 11.7 Å². The Balaban J connectivity index is 2.23. The Bertz CT molecular complexity index is 414. The maximum atomic E-state index is 12.7. The number of hydrogen-bond donors (Lipinski definition) is 0. The van der Waals surface area contributed by atoms with Crippen LogP contribution in [0.5, 0.6) is 0 Å². The molecule has 2 nitrogen and oxygen atoms in total. The number of hydrogen-bond acceptors (Lipinski definition) is 2. The van der Waals surface area contributed by atoms with Gasteiger partial charge in [0.25, 0.3) is 0 Å². The lowest BCUT2D eigenvalue weighted by Gasteiger charge is -2.06. The SMILES string of the molecule is N#C[C@H](C(=O)C1CC1)c1ccc(F)cc1. The first-order valence-electron chi connectivity index (χ1n) is 4.91. The largest absolute Gasteiger partial charge is 0.298 e. The smallest absolute Gasteiger partial charge is 0.157 e. The molecule has 1 aromatic carbocycles. The highest BCUT2D eigenvalue weighted by Crippen LogP contribution is 2.35. The number of carbonyl (C=O) groups excluding carboxylic acids is 1. The van der Waals surface area contributed by atoms with Crippen molar-refractivity contribution in [1.29, 1.82) is 5.26 Å². The van der Waals surface area contributed by atoms with Gasteiger partial charge in [-0.05, 0) is 30.5 Å². The third kappa shape index (κ3) is 2.04. The van der Waals surface area contributed by atoms with Gasteiger partial charge in [0.15, 0.2) is 5.78 Å².